The van der Waals surface area contributed by atoms with E-state index in [-0.39, 0.29) is 42.3 Å². The number of rotatable bonds is 11. The maximum atomic E-state index is 15.3. The third-order valence-corrected chi connectivity index (χ3v) is 15.7. The first-order valence-corrected chi connectivity index (χ1v) is 21.8. The van der Waals surface area contributed by atoms with Crippen molar-refractivity contribution in [3.05, 3.63) is 138 Å². The molecule has 56 heavy (non-hydrogen) atoms. The predicted molar refractivity (Wildman–Crippen MR) is 223 cm³/mol. The van der Waals surface area contributed by atoms with Gasteiger partial charge in [-0.15, -0.1) is 0 Å². The monoisotopic (exact) mass is 769 g/mol. The fraction of sp³-hybridized carbons (Fsp3) is 0.250. The van der Waals surface area contributed by atoms with Gasteiger partial charge in [-0.25, -0.2) is 0 Å². The Labute approximate surface area is 327 Å². The van der Waals surface area contributed by atoms with Gasteiger partial charge in [0.15, 0.2) is 5.60 Å². The van der Waals surface area contributed by atoms with Crippen molar-refractivity contribution in [2.24, 2.45) is 5.92 Å². The third-order valence-electron chi connectivity index (χ3n) is 11.4. The Morgan fingerprint density at radius 2 is 1.43 bits per heavy atom. The molecule has 2 aliphatic rings. The largest absolute Gasteiger partial charge is 0.497 e. The first-order valence-electron chi connectivity index (χ1n) is 18.7. The molecule has 2 heterocycles. The van der Waals surface area contributed by atoms with Crippen LogP contribution in [0, 0.1) is 5.92 Å². The van der Waals surface area contributed by atoms with Crippen molar-refractivity contribution in [2.75, 3.05) is 40.7 Å². The Morgan fingerprint density at radius 3 is 2.00 bits per heavy atom. The highest BCUT2D eigenvalue weighted by Crippen LogP contribution is 2.60. The van der Waals surface area contributed by atoms with E-state index in [2.05, 4.69) is 42.8 Å². The molecule has 7 N–H and O–H groups in total. The fourth-order valence-corrected chi connectivity index (χ4v) is 12.6. The van der Waals surface area contributed by atoms with Gasteiger partial charge < -0.3 is 41.6 Å². The number of hydrogen-bond acceptors (Lipinski definition) is 8. The van der Waals surface area contributed by atoms with Crippen LogP contribution in [0.15, 0.2) is 115 Å². The summed E-state index contributed by atoms with van der Waals surface area (Å²) in [5.74, 6) is -0.371. The summed E-state index contributed by atoms with van der Waals surface area (Å²) in [6.45, 7) is 6.75. The highest BCUT2D eigenvalue weighted by molar-refractivity contribution is 6.91. The standard InChI is InChI=1S/C44H47N5O6Si/c1-27-40(56(3,4)36-19-17-35(54-2)18-20-36)39(22-23-50)55-44(27)37-25-34(48-42(52)30-10-14-32(46)15-11-30)16-21-38(37)49(43(44)53)26-28-6-5-7-33(24-28)47-41(51)29-8-12-31(45)13-9-29/h5-21,24-25,27,39-40,50H,22-23,26,45-46H2,1-4H3,(H,47,51)(H,48,52)/t27-,39+,40-,44+/m0/s1. The minimum atomic E-state index is -2.42. The summed E-state index contributed by atoms with van der Waals surface area (Å²) in [7, 11) is -0.779. The minimum Gasteiger partial charge on any atom is -0.497 e. The zero-order valence-electron chi connectivity index (χ0n) is 31.9. The molecule has 0 aliphatic carbocycles. The quantitative estimate of drug-likeness (QED) is 0.0749. The van der Waals surface area contributed by atoms with Crippen molar-refractivity contribution < 1.29 is 29.0 Å². The van der Waals surface area contributed by atoms with Gasteiger partial charge in [0.25, 0.3) is 17.7 Å². The second kappa shape index (κ2) is 15.3. The average Bonchev–Trinajstić information content (AvgIpc) is 3.61. The van der Waals surface area contributed by atoms with Gasteiger partial charge in [-0.1, -0.05) is 49.5 Å². The number of nitrogens with zero attached hydrogens (tertiary/aromatic N) is 1. The summed E-state index contributed by atoms with van der Waals surface area (Å²) >= 11 is 0. The molecule has 1 spiro atoms. The number of aliphatic hydroxyl groups is 1. The van der Waals surface area contributed by atoms with Gasteiger partial charge in [0.2, 0.25) is 0 Å². The van der Waals surface area contributed by atoms with E-state index in [4.69, 9.17) is 20.9 Å². The number of methoxy groups -OCH3 is 1. The topological polar surface area (TPSA) is 169 Å². The summed E-state index contributed by atoms with van der Waals surface area (Å²) in [5.41, 5.74) is 15.4. The van der Waals surface area contributed by atoms with Gasteiger partial charge in [0.1, 0.15) is 5.75 Å². The van der Waals surface area contributed by atoms with E-state index in [0.717, 1.165) is 11.3 Å². The van der Waals surface area contributed by atoms with Crippen LogP contribution in [0.5, 0.6) is 5.75 Å². The van der Waals surface area contributed by atoms with Crippen LogP contribution < -0.4 is 36.9 Å². The van der Waals surface area contributed by atoms with Gasteiger partial charge in [-0.05, 0) is 109 Å². The molecule has 2 aliphatic heterocycles. The highest BCUT2D eigenvalue weighted by atomic mass is 28.3. The summed E-state index contributed by atoms with van der Waals surface area (Å²) < 4.78 is 12.5. The Morgan fingerprint density at radius 1 is 0.839 bits per heavy atom. The number of carbonyl (C=O) groups is 3. The second-order valence-electron chi connectivity index (χ2n) is 15.1. The van der Waals surface area contributed by atoms with Crippen LogP contribution in [0.25, 0.3) is 0 Å². The predicted octanol–water partition coefficient (Wildman–Crippen LogP) is 6.51. The molecule has 3 amide bonds. The molecule has 11 nitrogen and oxygen atoms in total. The van der Waals surface area contributed by atoms with Crippen molar-refractivity contribution in [1.82, 2.24) is 0 Å². The lowest BCUT2D eigenvalue weighted by atomic mass is 9.82. The molecule has 1 saturated heterocycles. The summed E-state index contributed by atoms with van der Waals surface area (Å²) in [4.78, 5) is 43.4. The molecule has 288 valence electrons. The molecule has 1 fully saturated rings. The van der Waals surface area contributed by atoms with E-state index in [0.29, 0.717) is 51.5 Å². The zero-order chi connectivity index (χ0) is 39.8. The number of nitrogen functional groups attached to an aromatic ring is 2. The molecule has 4 atom stereocenters. The normalized spacial score (nSPS) is 20.2. The van der Waals surface area contributed by atoms with Crippen LogP contribution in [-0.4, -0.2) is 50.7 Å². The van der Waals surface area contributed by atoms with E-state index in [1.165, 1.54) is 5.19 Å². The SMILES string of the molecule is COc1ccc([Si](C)(C)[C@@H]2[C@@H](CCO)O[C@]3(C(=O)N(Cc4cccc(NC(=O)c5ccc(N)cc5)c4)c4ccc(NC(=O)c5ccc(N)cc5)cc43)[C@H]2C)cc1. The van der Waals surface area contributed by atoms with Crippen molar-refractivity contribution in [3.8, 4) is 5.75 Å². The van der Waals surface area contributed by atoms with Gasteiger partial charge >= 0.3 is 0 Å². The smallest absolute Gasteiger partial charge is 0.264 e. The van der Waals surface area contributed by atoms with Crippen molar-refractivity contribution >= 4 is 59.4 Å². The van der Waals surface area contributed by atoms with E-state index < -0.39 is 19.8 Å². The Balaban J connectivity index is 1.27. The number of hydrogen-bond donors (Lipinski definition) is 5. The van der Waals surface area contributed by atoms with Crippen molar-refractivity contribution in [1.29, 1.82) is 0 Å². The van der Waals surface area contributed by atoms with Crippen LogP contribution in [0.3, 0.4) is 0 Å². The fourth-order valence-electron chi connectivity index (χ4n) is 8.55. The van der Waals surface area contributed by atoms with Crippen molar-refractivity contribution in [3.63, 3.8) is 0 Å². The van der Waals surface area contributed by atoms with Crippen LogP contribution in [0.1, 0.15) is 45.2 Å². The number of benzene rings is 5. The van der Waals surface area contributed by atoms with Crippen molar-refractivity contribution in [2.45, 2.75) is 50.2 Å². The molecular formula is C44H47N5O6Si. The molecular weight excluding hydrogens is 723 g/mol. The third kappa shape index (κ3) is 7.02. The molecule has 5 aromatic carbocycles. The number of nitrogens with two attached hydrogens (primary N) is 2. The van der Waals surface area contributed by atoms with Gasteiger partial charge in [0.05, 0.1) is 33.5 Å². The number of nitrogens with one attached hydrogen (secondary N) is 2. The average molecular weight is 770 g/mol. The minimum absolute atomic E-state index is 0.0697. The lowest BCUT2D eigenvalue weighted by molar-refractivity contribution is -0.146. The number of fused-ring (bicyclic) bond motifs is 2. The molecule has 5 aromatic rings. The summed E-state index contributed by atoms with van der Waals surface area (Å²) in [5, 5.41) is 17.5. The van der Waals surface area contributed by atoms with E-state index in [1.807, 2.05) is 42.5 Å². The number of anilines is 5. The van der Waals surface area contributed by atoms with Gasteiger partial charge in [-0.2, -0.15) is 0 Å². The van der Waals surface area contributed by atoms with Crippen LogP contribution >= 0.6 is 0 Å². The zero-order valence-corrected chi connectivity index (χ0v) is 32.9. The molecule has 0 radical (unpaired) electrons. The number of carbonyl (C=O) groups excluding carboxylic acids is 3. The van der Waals surface area contributed by atoms with E-state index in [9.17, 15) is 14.7 Å². The molecule has 12 heteroatoms. The lowest BCUT2D eigenvalue weighted by Gasteiger charge is -2.37. The lowest BCUT2D eigenvalue weighted by Crippen LogP contribution is -2.51. The first kappa shape index (κ1) is 38.3. The van der Waals surface area contributed by atoms with E-state index >= 15 is 4.79 Å². The van der Waals surface area contributed by atoms with Gasteiger partial charge in [-0.3, -0.25) is 14.4 Å². The van der Waals surface area contributed by atoms with E-state index in [1.54, 1.807) is 72.7 Å². The molecule has 0 bridgehead atoms. The van der Waals surface area contributed by atoms with Gasteiger partial charge in [0, 0.05) is 52.0 Å². The summed E-state index contributed by atoms with van der Waals surface area (Å²) in [6.07, 6.45) is -0.0645. The summed E-state index contributed by atoms with van der Waals surface area (Å²) in [6, 6.07) is 34.4. The maximum absolute atomic E-state index is 15.3. The second-order valence-corrected chi connectivity index (χ2v) is 19.8. The van der Waals surface area contributed by atoms with Crippen LogP contribution in [-0.2, 0) is 21.7 Å². The molecule has 0 saturated carbocycles. The highest BCUT2D eigenvalue weighted by Gasteiger charge is 2.66. The molecule has 7 rings (SSSR count). The van der Waals surface area contributed by atoms with Crippen LogP contribution in [0.2, 0.25) is 18.6 Å². The molecule has 0 unspecified atom stereocenters. The maximum Gasteiger partial charge on any atom is 0.264 e. The number of amides is 3. The number of ether oxygens (including phenoxy) is 2. The number of aliphatic hydroxyl groups excluding tert-OH is 1. The van der Waals surface area contributed by atoms with Crippen LogP contribution in [0.4, 0.5) is 28.4 Å². The Hall–Kier alpha value is -5.95. The first-order chi connectivity index (χ1) is 26.8. The Kier molecular flexibility index (Phi) is 10.5. The molecule has 0 aromatic heterocycles. The Bertz CT molecular complexity index is 2260.